The summed E-state index contributed by atoms with van der Waals surface area (Å²) in [6.45, 7) is 10.7. The number of benzene rings is 2. The van der Waals surface area contributed by atoms with Gasteiger partial charge in [-0.05, 0) is 72.9 Å². The molecule has 0 radical (unpaired) electrons. The summed E-state index contributed by atoms with van der Waals surface area (Å²) in [5.41, 5.74) is 4.24. The van der Waals surface area contributed by atoms with Crippen LogP contribution in [0.5, 0.6) is 5.75 Å². The Balaban J connectivity index is 1.47. The third-order valence-corrected chi connectivity index (χ3v) is 8.28. The van der Waals surface area contributed by atoms with Crippen molar-refractivity contribution in [1.82, 2.24) is 15.3 Å². The molecule has 10 heteroatoms. The van der Waals surface area contributed by atoms with Crippen LogP contribution in [0.4, 0.5) is 22.0 Å². The van der Waals surface area contributed by atoms with E-state index in [1.807, 2.05) is 26.0 Å². The number of hydrogen-bond donors (Lipinski definition) is 1. The van der Waals surface area contributed by atoms with E-state index in [0.29, 0.717) is 58.7 Å². The van der Waals surface area contributed by atoms with Gasteiger partial charge in [0, 0.05) is 58.5 Å². The Morgan fingerprint density at radius 3 is 2.60 bits per heavy atom. The number of aryl methyl sites for hydroxylation is 2. The van der Waals surface area contributed by atoms with Gasteiger partial charge in [-0.25, -0.2) is 13.8 Å². The monoisotopic (exact) mass is 613 g/mol. The average molecular weight is 614 g/mol. The summed E-state index contributed by atoms with van der Waals surface area (Å²) in [6, 6.07) is 9.00. The molecule has 1 aliphatic heterocycles. The Morgan fingerprint density at radius 1 is 1.14 bits per heavy atom. The molecule has 1 aliphatic rings. The summed E-state index contributed by atoms with van der Waals surface area (Å²) < 4.78 is 75.4. The summed E-state index contributed by atoms with van der Waals surface area (Å²) in [4.78, 5) is 8.93. The predicted molar refractivity (Wildman–Crippen MR) is 163 cm³/mol. The Bertz CT molecular complexity index is 1700. The number of fused-ring (bicyclic) bond motifs is 2. The molecule has 1 N–H and O–H groups in total. The Hall–Kier alpha value is -3.58. The number of nitrogens with zero attached hydrogens (tertiary/aromatic N) is 2. The van der Waals surface area contributed by atoms with Crippen molar-refractivity contribution in [2.75, 3.05) is 19.3 Å². The zero-order valence-corrected chi connectivity index (χ0v) is 25.4. The van der Waals surface area contributed by atoms with Gasteiger partial charge in [-0.15, -0.1) is 9.24 Å². The van der Waals surface area contributed by atoms with Gasteiger partial charge in [-0.3, -0.25) is 4.98 Å². The van der Waals surface area contributed by atoms with Crippen LogP contribution in [0, 0.1) is 18.6 Å². The third-order valence-electron chi connectivity index (χ3n) is 7.95. The molecule has 43 heavy (non-hydrogen) atoms. The molecule has 2 aromatic carbocycles. The van der Waals surface area contributed by atoms with Crippen LogP contribution in [0.25, 0.3) is 27.9 Å². The van der Waals surface area contributed by atoms with Crippen molar-refractivity contribution < 1.29 is 26.7 Å². The smallest absolute Gasteiger partial charge is 0.417 e. The van der Waals surface area contributed by atoms with Crippen LogP contribution < -0.4 is 10.1 Å². The fourth-order valence-electron chi connectivity index (χ4n) is 5.49. The number of ether oxygens (including phenoxy) is 1. The molecule has 5 rings (SSSR count). The molecule has 226 valence electrons. The second-order valence-electron chi connectivity index (χ2n) is 11.0. The third kappa shape index (κ3) is 6.23. The highest BCUT2D eigenvalue weighted by Crippen LogP contribution is 2.43. The first kappa shape index (κ1) is 30.9. The molecular weight excluding hydrogens is 580 g/mol. The highest BCUT2D eigenvalue weighted by atomic mass is 31.0. The van der Waals surface area contributed by atoms with Crippen molar-refractivity contribution in [2.45, 2.75) is 51.6 Å². The van der Waals surface area contributed by atoms with Crippen molar-refractivity contribution in [3.8, 4) is 17.0 Å². The Kier molecular flexibility index (Phi) is 8.75. The van der Waals surface area contributed by atoms with Gasteiger partial charge >= 0.3 is 6.18 Å². The number of alkyl halides is 3. The molecule has 3 atom stereocenters. The molecule has 0 bridgehead atoms. The van der Waals surface area contributed by atoms with Crippen LogP contribution in [0.2, 0.25) is 0 Å². The van der Waals surface area contributed by atoms with Crippen molar-refractivity contribution in [1.29, 1.82) is 0 Å². The summed E-state index contributed by atoms with van der Waals surface area (Å²) in [7, 11) is 2.72. The summed E-state index contributed by atoms with van der Waals surface area (Å²) in [6.07, 6.45) is -1.75. The molecule has 0 fully saturated rings. The number of nitrogens with one attached hydrogen (secondary N) is 1. The fourth-order valence-corrected chi connectivity index (χ4v) is 5.90. The van der Waals surface area contributed by atoms with Crippen molar-refractivity contribution >= 4 is 25.8 Å². The Labute approximate surface area is 250 Å². The number of aromatic nitrogens is 2. The van der Waals surface area contributed by atoms with Gasteiger partial charge in [0.2, 0.25) is 0 Å². The summed E-state index contributed by atoms with van der Waals surface area (Å²) in [5, 5.41) is 3.73. The second-order valence-corrected chi connectivity index (χ2v) is 11.6. The molecule has 0 aliphatic carbocycles. The van der Waals surface area contributed by atoms with E-state index in [-0.39, 0.29) is 17.4 Å². The zero-order chi connectivity index (χ0) is 31.1. The van der Waals surface area contributed by atoms with Crippen LogP contribution in [0.1, 0.15) is 65.6 Å². The van der Waals surface area contributed by atoms with Gasteiger partial charge < -0.3 is 10.1 Å². The minimum atomic E-state index is -4.50. The van der Waals surface area contributed by atoms with Crippen molar-refractivity contribution in [3.63, 3.8) is 0 Å². The number of pyridine rings is 2. The normalized spacial score (nSPS) is 15.3. The lowest BCUT2D eigenvalue weighted by molar-refractivity contribution is -0.137. The maximum Gasteiger partial charge on any atom is 0.417 e. The molecule has 4 aromatic rings. The molecule has 2 aromatic heterocycles. The highest BCUT2D eigenvalue weighted by Gasteiger charge is 2.32. The molecule has 0 spiro atoms. The quantitative estimate of drug-likeness (QED) is 0.152. The van der Waals surface area contributed by atoms with E-state index < -0.39 is 23.4 Å². The largest absolute Gasteiger partial charge is 0.490 e. The molecule has 0 saturated heterocycles. The molecular formula is C33H33F5N3OP. The van der Waals surface area contributed by atoms with E-state index in [1.165, 1.54) is 6.07 Å². The summed E-state index contributed by atoms with van der Waals surface area (Å²) in [5.74, 6) is -0.818. The van der Waals surface area contributed by atoms with E-state index in [2.05, 4.69) is 26.1 Å². The van der Waals surface area contributed by atoms with Crippen LogP contribution in [-0.2, 0) is 12.6 Å². The highest BCUT2D eigenvalue weighted by molar-refractivity contribution is 7.16. The van der Waals surface area contributed by atoms with Gasteiger partial charge in [0.05, 0.1) is 17.7 Å². The number of rotatable bonds is 9. The molecule has 0 saturated carbocycles. The first-order chi connectivity index (χ1) is 20.4. The van der Waals surface area contributed by atoms with Crippen LogP contribution in [-0.4, -0.2) is 29.3 Å². The van der Waals surface area contributed by atoms with Crippen molar-refractivity contribution in [3.05, 3.63) is 94.3 Å². The average Bonchev–Trinajstić information content (AvgIpc) is 3.34. The van der Waals surface area contributed by atoms with Gasteiger partial charge in [0.25, 0.3) is 0 Å². The zero-order valence-electron chi connectivity index (χ0n) is 24.2. The summed E-state index contributed by atoms with van der Waals surface area (Å²) >= 11 is 0. The minimum Gasteiger partial charge on any atom is -0.490 e. The van der Waals surface area contributed by atoms with Crippen LogP contribution in [0.3, 0.4) is 0 Å². The lowest BCUT2D eigenvalue weighted by atomic mass is 9.93. The predicted octanol–water partition coefficient (Wildman–Crippen LogP) is 8.57. The lowest BCUT2D eigenvalue weighted by Gasteiger charge is -2.21. The lowest BCUT2D eigenvalue weighted by Crippen LogP contribution is -2.21. The van der Waals surface area contributed by atoms with Crippen LogP contribution in [0.15, 0.2) is 49.2 Å². The van der Waals surface area contributed by atoms with E-state index >= 15 is 4.39 Å². The van der Waals surface area contributed by atoms with Gasteiger partial charge in [-0.2, -0.15) is 13.2 Å². The molecule has 4 nitrogen and oxygen atoms in total. The van der Waals surface area contributed by atoms with Crippen LogP contribution >= 0.6 is 9.24 Å². The molecule has 3 heterocycles. The maximum absolute atomic E-state index is 15.1. The van der Waals surface area contributed by atoms with E-state index in [1.54, 1.807) is 13.0 Å². The topological polar surface area (TPSA) is 47.0 Å². The molecule has 3 unspecified atom stereocenters. The van der Waals surface area contributed by atoms with E-state index in [4.69, 9.17) is 9.72 Å². The van der Waals surface area contributed by atoms with Gasteiger partial charge in [-0.1, -0.05) is 20.4 Å². The van der Waals surface area contributed by atoms with Gasteiger partial charge in [0.1, 0.15) is 23.1 Å². The molecule has 0 amide bonds. The first-order valence-corrected chi connectivity index (χ1v) is 15.0. The van der Waals surface area contributed by atoms with Crippen molar-refractivity contribution in [2.24, 2.45) is 0 Å². The standard InChI is InChI=1S/C33H33F5N3OP/c1-5-20-11-26(28(35)13-27(20)34)31-32-25(18(3)16-42-32)12-29(41-31)21(6-7-43)14-39-19(4)22-8-17(2)30-23(9-22)10-24(15-40-30)33(36,37)38/h8-13,15,18,21,39H,4-7,14,16,43H2,1-3H3. The number of hydrogen-bond acceptors (Lipinski definition) is 4. The number of halogens is 5. The van der Waals surface area contributed by atoms with E-state index in [9.17, 15) is 17.6 Å². The van der Waals surface area contributed by atoms with Gasteiger partial charge in [0.15, 0.2) is 0 Å². The second kappa shape index (κ2) is 12.2. The minimum absolute atomic E-state index is 0.0694. The first-order valence-electron chi connectivity index (χ1n) is 14.2. The Morgan fingerprint density at radius 2 is 1.91 bits per heavy atom. The maximum atomic E-state index is 15.1. The van der Waals surface area contributed by atoms with E-state index in [0.717, 1.165) is 47.7 Å². The SMILES string of the molecule is C=C(NCC(CCP)c1cc2c(c(-c3cc(CC)c(F)cc3F)n1)OCC2C)c1cc(C)c2ncc(C(F)(F)F)cc2c1. The fraction of sp³-hybridized carbons (Fsp3) is 0.333.